The Labute approximate surface area is 156 Å². The number of ether oxygens (including phenoxy) is 1. The van der Waals surface area contributed by atoms with Gasteiger partial charge in [-0.15, -0.1) is 11.3 Å². The van der Waals surface area contributed by atoms with Crippen molar-refractivity contribution in [3.63, 3.8) is 0 Å². The first kappa shape index (κ1) is 17.9. The monoisotopic (exact) mass is 365 g/mol. The van der Waals surface area contributed by atoms with Crippen molar-refractivity contribution in [2.45, 2.75) is 13.5 Å². The SMILES string of the molecule is Cc1ccc(NCc2ccc(C(=O)OCC(=O)c3cccs3)cc2)cc1. The normalized spacial score (nSPS) is 10.3. The van der Waals surface area contributed by atoms with E-state index >= 15 is 0 Å². The fourth-order valence-electron chi connectivity index (χ4n) is 2.36. The average Bonchev–Trinajstić information content (AvgIpc) is 3.21. The van der Waals surface area contributed by atoms with Crippen LogP contribution >= 0.6 is 11.3 Å². The average molecular weight is 365 g/mol. The highest BCUT2D eigenvalue weighted by Gasteiger charge is 2.12. The summed E-state index contributed by atoms with van der Waals surface area (Å²) in [7, 11) is 0. The van der Waals surface area contributed by atoms with Crippen LogP contribution in [-0.2, 0) is 11.3 Å². The van der Waals surface area contributed by atoms with Crippen molar-refractivity contribution in [1.29, 1.82) is 0 Å². The number of hydrogen-bond donors (Lipinski definition) is 1. The molecule has 0 aliphatic rings. The maximum atomic E-state index is 12.1. The fourth-order valence-corrected chi connectivity index (χ4v) is 3.01. The molecular formula is C21H19NO3S. The minimum absolute atomic E-state index is 0.188. The molecule has 4 nitrogen and oxygen atoms in total. The predicted molar refractivity (Wildman–Crippen MR) is 104 cm³/mol. The Bertz CT molecular complexity index is 869. The molecule has 0 spiro atoms. The maximum absolute atomic E-state index is 12.1. The molecule has 3 aromatic rings. The molecule has 0 bridgehead atoms. The molecule has 26 heavy (non-hydrogen) atoms. The molecule has 0 saturated carbocycles. The number of anilines is 1. The van der Waals surface area contributed by atoms with Crippen LogP contribution in [0.25, 0.3) is 0 Å². The van der Waals surface area contributed by atoms with Gasteiger partial charge in [0.1, 0.15) is 0 Å². The lowest BCUT2D eigenvalue weighted by Gasteiger charge is -2.08. The lowest BCUT2D eigenvalue weighted by Crippen LogP contribution is -2.13. The van der Waals surface area contributed by atoms with Gasteiger partial charge in [0.05, 0.1) is 10.4 Å². The molecule has 0 aliphatic carbocycles. The molecule has 5 heteroatoms. The van der Waals surface area contributed by atoms with Crippen LogP contribution in [0.3, 0.4) is 0 Å². The summed E-state index contributed by atoms with van der Waals surface area (Å²) in [4.78, 5) is 24.5. The first-order valence-electron chi connectivity index (χ1n) is 8.25. The molecule has 132 valence electrons. The highest BCUT2D eigenvalue weighted by molar-refractivity contribution is 7.12. The lowest BCUT2D eigenvalue weighted by molar-refractivity contribution is 0.0476. The number of aryl methyl sites for hydroxylation is 1. The van der Waals surface area contributed by atoms with Gasteiger partial charge in [0.15, 0.2) is 6.61 Å². The van der Waals surface area contributed by atoms with Gasteiger partial charge in [-0.05, 0) is 48.2 Å². The number of benzene rings is 2. The van der Waals surface area contributed by atoms with E-state index < -0.39 is 5.97 Å². The van der Waals surface area contributed by atoms with E-state index in [1.807, 2.05) is 29.6 Å². The number of carbonyl (C=O) groups is 2. The van der Waals surface area contributed by atoms with Crippen molar-refractivity contribution in [2.75, 3.05) is 11.9 Å². The molecule has 0 saturated heterocycles. The van der Waals surface area contributed by atoms with Crippen LogP contribution in [0, 0.1) is 6.92 Å². The van der Waals surface area contributed by atoms with Crippen LogP contribution in [-0.4, -0.2) is 18.4 Å². The van der Waals surface area contributed by atoms with Gasteiger partial charge in [-0.1, -0.05) is 35.9 Å². The highest BCUT2D eigenvalue weighted by atomic mass is 32.1. The summed E-state index contributed by atoms with van der Waals surface area (Å²) in [5.74, 6) is -0.680. The molecular weight excluding hydrogens is 346 g/mol. The van der Waals surface area contributed by atoms with Crippen molar-refractivity contribution >= 4 is 28.8 Å². The standard InChI is InChI=1S/C21H19NO3S/c1-15-4-10-18(11-5-15)22-13-16-6-8-17(9-7-16)21(24)25-14-19(23)20-3-2-12-26-20/h2-12,22H,13-14H2,1H3. The zero-order valence-electron chi connectivity index (χ0n) is 14.4. The number of esters is 1. The second-order valence-corrected chi connectivity index (χ2v) is 6.84. The number of thiophene rings is 1. The second-order valence-electron chi connectivity index (χ2n) is 5.89. The van der Waals surface area contributed by atoms with Gasteiger partial charge in [-0.2, -0.15) is 0 Å². The van der Waals surface area contributed by atoms with Gasteiger partial charge >= 0.3 is 5.97 Å². The summed E-state index contributed by atoms with van der Waals surface area (Å²) in [6.07, 6.45) is 0. The second kappa shape index (κ2) is 8.45. The number of ketones is 1. The van der Waals surface area contributed by atoms with E-state index in [1.54, 1.807) is 24.3 Å². The van der Waals surface area contributed by atoms with E-state index in [2.05, 4.69) is 24.4 Å². The molecule has 1 aromatic heterocycles. The summed E-state index contributed by atoms with van der Waals surface area (Å²) < 4.78 is 5.10. The van der Waals surface area contributed by atoms with Crippen LogP contribution in [0.15, 0.2) is 66.0 Å². The van der Waals surface area contributed by atoms with Crippen LogP contribution < -0.4 is 5.32 Å². The summed E-state index contributed by atoms with van der Waals surface area (Å²) >= 11 is 1.34. The van der Waals surface area contributed by atoms with E-state index in [4.69, 9.17) is 4.74 Å². The highest BCUT2D eigenvalue weighted by Crippen LogP contribution is 2.13. The molecule has 0 aliphatic heterocycles. The topological polar surface area (TPSA) is 55.4 Å². The molecule has 1 N–H and O–H groups in total. The third-order valence-corrected chi connectivity index (χ3v) is 4.78. The van der Waals surface area contributed by atoms with Crippen LogP contribution in [0.1, 0.15) is 31.2 Å². The van der Waals surface area contributed by atoms with Crippen LogP contribution in [0.2, 0.25) is 0 Å². The van der Waals surface area contributed by atoms with Gasteiger partial charge in [0.25, 0.3) is 0 Å². The predicted octanol–water partition coefficient (Wildman–Crippen LogP) is 4.71. The molecule has 0 radical (unpaired) electrons. The van der Waals surface area contributed by atoms with Crippen LogP contribution in [0.5, 0.6) is 0 Å². The number of Topliss-reactive ketones (excluding diaryl/α,β-unsaturated/α-hetero) is 1. The quantitative estimate of drug-likeness (QED) is 0.487. The molecule has 3 rings (SSSR count). The van der Waals surface area contributed by atoms with E-state index in [-0.39, 0.29) is 12.4 Å². The summed E-state index contributed by atoms with van der Waals surface area (Å²) in [5, 5.41) is 5.15. The third-order valence-electron chi connectivity index (χ3n) is 3.87. The first-order valence-corrected chi connectivity index (χ1v) is 9.13. The Hall–Kier alpha value is -2.92. The largest absolute Gasteiger partial charge is 0.454 e. The molecule has 1 heterocycles. The molecule has 0 amide bonds. The van der Waals surface area contributed by atoms with E-state index in [0.717, 1.165) is 11.3 Å². The Morgan fingerprint density at radius 1 is 1.00 bits per heavy atom. The van der Waals surface area contributed by atoms with E-state index in [9.17, 15) is 9.59 Å². The van der Waals surface area contributed by atoms with Gasteiger partial charge in [0.2, 0.25) is 5.78 Å². The summed E-state index contributed by atoms with van der Waals surface area (Å²) in [6, 6.07) is 18.9. The van der Waals surface area contributed by atoms with E-state index in [0.29, 0.717) is 17.0 Å². The van der Waals surface area contributed by atoms with Crippen molar-refractivity contribution in [3.05, 3.63) is 87.6 Å². The Balaban J connectivity index is 1.50. The van der Waals surface area contributed by atoms with Gasteiger partial charge in [-0.3, -0.25) is 4.79 Å². The van der Waals surface area contributed by atoms with Crippen molar-refractivity contribution in [2.24, 2.45) is 0 Å². The molecule has 2 aromatic carbocycles. The first-order chi connectivity index (χ1) is 12.6. The van der Waals surface area contributed by atoms with Gasteiger partial charge in [-0.25, -0.2) is 4.79 Å². The van der Waals surface area contributed by atoms with Gasteiger partial charge < -0.3 is 10.1 Å². The van der Waals surface area contributed by atoms with Gasteiger partial charge in [0, 0.05) is 12.2 Å². The zero-order valence-corrected chi connectivity index (χ0v) is 15.2. The number of rotatable bonds is 7. The fraction of sp³-hybridized carbons (Fsp3) is 0.143. The number of nitrogens with one attached hydrogen (secondary N) is 1. The molecule has 0 fully saturated rings. The van der Waals surface area contributed by atoms with Crippen molar-refractivity contribution in [1.82, 2.24) is 0 Å². The third kappa shape index (κ3) is 4.80. The molecule has 0 atom stereocenters. The zero-order chi connectivity index (χ0) is 18.4. The summed E-state index contributed by atoms with van der Waals surface area (Å²) in [6.45, 7) is 2.47. The number of hydrogen-bond acceptors (Lipinski definition) is 5. The maximum Gasteiger partial charge on any atom is 0.338 e. The smallest absolute Gasteiger partial charge is 0.338 e. The lowest BCUT2D eigenvalue weighted by atomic mass is 10.1. The molecule has 0 unspecified atom stereocenters. The Morgan fingerprint density at radius 3 is 2.38 bits per heavy atom. The van der Waals surface area contributed by atoms with Crippen molar-refractivity contribution in [3.8, 4) is 0 Å². The van der Waals surface area contributed by atoms with E-state index in [1.165, 1.54) is 16.9 Å². The minimum atomic E-state index is -0.493. The Morgan fingerprint density at radius 2 is 1.73 bits per heavy atom. The van der Waals surface area contributed by atoms with Crippen molar-refractivity contribution < 1.29 is 14.3 Å². The Kier molecular flexibility index (Phi) is 5.81. The summed E-state index contributed by atoms with van der Waals surface area (Å²) in [5.41, 5.74) is 3.75. The minimum Gasteiger partial charge on any atom is -0.454 e. The van der Waals surface area contributed by atoms with Crippen LogP contribution in [0.4, 0.5) is 5.69 Å². The number of carbonyl (C=O) groups excluding carboxylic acids is 2.